The zero-order valence-electron chi connectivity index (χ0n) is 13.4. The van der Waals surface area contributed by atoms with Gasteiger partial charge in [-0.2, -0.15) is 0 Å². The molecule has 0 bridgehead atoms. The van der Waals surface area contributed by atoms with E-state index in [-0.39, 0.29) is 24.7 Å². The van der Waals surface area contributed by atoms with Crippen LogP contribution in [0.25, 0.3) is 10.1 Å². The molecule has 0 saturated heterocycles. The van der Waals surface area contributed by atoms with Gasteiger partial charge in [0, 0.05) is 29.6 Å². The van der Waals surface area contributed by atoms with E-state index in [1.807, 2.05) is 30.3 Å². The molecule has 1 heterocycles. The van der Waals surface area contributed by atoms with Crippen molar-refractivity contribution in [3.63, 3.8) is 0 Å². The van der Waals surface area contributed by atoms with Crippen LogP contribution in [0, 0.1) is 5.82 Å². The van der Waals surface area contributed by atoms with Crippen LogP contribution in [0.4, 0.5) is 4.39 Å². The van der Waals surface area contributed by atoms with Crippen molar-refractivity contribution in [1.82, 2.24) is 4.90 Å². The Kier molecular flexibility index (Phi) is 5.09. The molecule has 128 valence electrons. The second-order valence-electron chi connectivity index (χ2n) is 5.69. The lowest BCUT2D eigenvalue weighted by Gasteiger charge is -2.21. The third-order valence-corrected chi connectivity index (χ3v) is 4.94. The van der Waals surface area contributed by atoms with Crippen molar-refractivity contribution in [3.05, 3.63) is 70.9 Å². The zero-order chi connectivity index (χ0) is 17.8. The number of rotatable bonds is 6. The first-order valence-electron chi connectivity index (χ1n) is 7.84. The van der Waals surface area contributed by atoms with Gasteiger partial charge in [0.1, 0.15) is 5.82 Å². The smallest absolute Gasteiger partial charge is 0.264 e. The summed E-state index contributed by atoms with van der Waals surface area (Å²) in [5, 5.41) is 0.436. The van der Waals surface area contributed by atoms with Gasteiger partial charge in [0.15, 0.2) is 0 Å². The van der Waals surface area contributed by atoms with Crippen LogP contribution in [0.1, 0.15) is 21.7 Å². The highest BCUT2D eigenvalue weighted by molar-refractivity contribution is 7.20. The predicted molar refractivity (Wildman–Crippen MR) is 96.8 cm³/mol. The number of nitrogens with two attached hydrogens (primary N) is 1. The Labute approximate surface area is 148 Å². The minimum absolute atomic E-state index is 0.0812. The molecule has 3 rings (SSSR count). The average molecular weight is 356 g/mol. The van der Waals surface area contributed by atoms with Crippen molar-refractivity contribution in [2.24, 2.45) is 5.73 Å². The fourth-order valence-electron chi connectivity index (χ4n) is 2.59. The number of benzene rings is 2. The first-order valence-corrected chi connectivity index (χ1v) is 8.66. The van der Waals surface area contributed by atoms with E-state index in [2.05, 4.69) is 0 Å². The number of amides is 2. The van der Waals surface area contributed by atoms with Crippen molar-refractivity contribution < 1.29 is 14.0 Å². The maximum absolute atomic E-state index is 13.9. The van der Waals surface area contributed by atoms with Crippen LogP contribution in [0.15, 0.2) is 54.6 Å². The number of nitrogens with zero attached hydrogens (tertiary/aromatic N) is 1. The Morgan fingerprint density at radius 2 is 1.84 bits per heavy atom. The van der Waals surface area contributed by atoms with Gasteiger partial charge in [-0.15, -0.1) is 11.3 Å². The van der Waals surface area contributed by atoms with E-state index in [1.54, 1.807) is 23.1 Å². The summed E-state index contributed by atoms with van der Waals surface area (Å²) < 4.78 is 14.6. The molecular weight excluding hydrogens is 339 g/mol. The highest BCUT2D eigenvalue weighted by Crippen LogP contribution is 2.28. The lowest BCUT2D eigenvalue weighted by atomic mass is 10.2. The van der Waals surface area contributed by atoms with Crippen molar-refractivity contribution in [2.75, 3.05) is 6.54 Å². The topological polar surface area (TPSA) is 63.4 Å². The molecule has 4 nitrogen and oxygen atoms in total. The molecule has 0 spiro atoms. The lowest BCUT2D eigenvalue weighted by molar-refractivity contribution is -0.118. The molecule has 2 amide bonds. The van der Waals surface area contributed by atoms with Gasteiger partial charge in [0.25, 0.3) is 5.91 Å². The maximum atomic E-state index is 13.9. The summed E-state index contributed by atoms with van der Waals surface area (Å²) in [6.45, 7) is 0.587. The summed E-state index contributed by atoms with van der Waals surface area (Å²) in [5.74, 6) is -1.04. The summed E-state index contributed by atoms with van der Waals surface area (Å²) in [6.07, 6.45) is 0.0812. The van der Waals surface area contributed by atoms with Gasteiger partial charge in [0.05, 0.1) is 4.88 Å². The largest absolute Gasteiger partial charge is 0.370 e. The zero-order valence-corrected chi connectivity index (χ0v) is 14.3. The van der Waals surface area contributed by atoms with Gasteiger partial charge in [-0.25, -0.2) is 4.39 Å². The number of carbonyl (C=O) groups excluding carboxylic acids is 2. The van der Waals surface area contributed by atoms with Crippen LogP contribution in [-0.4, -0.2) is 23.3 Å². The first kappa shape index (κ1) is 17.1. The van der Waals surface area contributed by atoms with E-state index in [9.17, 15) is 14.0 Å². The van der Waals surface area contributed by atoms with E-state index in [0.29, 0.717) is 16.8 Å². The summed E-state index contributed by atoms with van der Waals surface area (Å²) >= 11 is 1.25. The Bertz CT molecular complexity index is 908. The number of primary amides is 1. The van der Waals surface area contributed by atoms with E-state index in [4.69, 9.17) is 5.73 Å². The van der Waals surface area contributed by atoms with Crippen LogP contribution in [0.3, 0.4) is 0 Å². The van der Waals surface area contributed by atoms with Crippen LogP contribution < -0.4 is 5.73 Å². The van der Waals surface area contributed by atoms with Gasteiger partial charge >= 0.3 is 0 Å². The molecule has 25 heavy (non-hydrogen) atoms. The van der Waals surface area contributed by atoms with Gasteiger partial charge in [0.2, 0.25) is 5.91 Å². The van der Waals surface area contributed by atoms with Gasteiger partial charge < -0.3 is 10.6 Å². The first-order chi connectivity index (χ1) is 12.0. The number of fused-ring (bicyclic) bond motifs is 1. The number of thiophene rings is 1. The molecule has 2 N–H and O–H groups in total. The third-order valence-electron chi connectivity index (χ3n) is 3.85. The summed E-state index contributed by atoms with van der Waals surface area (Å²) in [5.41, 5.74) is 6.18. The summed E-state index contributed by atoms with van der Waals surface area (Å²) in [7, 11) is 0. The molecule has 2 aromatic carbocycles. The number of carbonyl (C=O) groups is 2. The quantitative estimate of drug-likeness (QED) is 0.734. The molecule has 0 unspecified atom stereocenters. The highest BCUT2D eigenvalue weighted by atomic mass is 32.1. The van der Waals surface area contributed by atoms with Crippen molar-refractivity contribution >= 4 is 33.2 Å². The molecule has 6 heteroatoms. The summed E-state index contributed by atoms with van der Waals surface area (Å²) in [4.78, 5) is 26.1. The van der Waals surface area contributed by atoms with E-state index >= 15 is 0 Å². The third kappa shape index (κ3) is 4.03. The Balaban J connectivity index is 1.88. The Hall–Kier alpha value is -2.73. The fraction of sp³-hybridized carbons (Fsp3) is 0.158. The average Bonchev–Trinajstić information content (AvgIpc) is 3.04. The van der Waals surface area contributed by atoms with E-state index in [1.165, 1.54) is 17.4 Å². The monoisotopic (exact) mass is 356 g/mol. The molecule has 0 aliphatic carbocycles. The number of halogens is 1. The minimum atomic E-state index is -0.465. The molecule has 0 aliphatic rings. The standard InChI is InChI=1S/C19H17FN2O2S/c20-15-7-4-8-16-14(15)11-17(25-16)19(24)22(10-9-18(21)23)12-13-5-2-1-3-6-13/h1-8,11H,9-10,12H2,(H2,21,23). The second-order valence-corrected chi connectivity index (χ2v) is 6.77. The SMILES string of the molecule is NC(=O)CCN(Cc1ccccc1)C(=O)c1cc2c(F)cccc2s1. The number of hydrogen-bond donors (Lipinski definition) is 1. The molecule has 3 aromatic rings. The summed E-state index contributed by atoms with van der Waals surface area (Å²) in [6, 6.07) is 15.8. The molecule has 0 aliphatic heterocycles. The van der Waals surface area contributed by atoms with Gasteiger partial charge in [-0.3, -0.25) is 9.59 Å². The highest BCUT2D eigenvalue weighted by Gasteiger charge is 2.20. The van der Waals surface area contributed by atoms with Crippen molar-refractivity contribution in [2.45, 2.75) is 13.0 Å². The molecular formula is C19H17FN2O2S. The predicted octanol–water partition coefficient (Wildman–Crippen LogP) is 3.56. The molecule has 0 atom stereocenters. The van der Waals surface area contributed by atoms with Gasteiger partial charge in [-0.05, 0) is 23.8 Å². The molecule has 0 fully saturated rings. The maximum Gasteiger partial charge on any atom is 0.264 e. The van der Waals surface area contributed by atoms with Crippen LogP contribution in [0.5, 0.6) is 0 Å². The van der Waals surface area contributed by atoms with E-state index < -0.39 is 5.91 Å². The number of hydrogen-bond acceptors (Lipinski definition) is 3. The Morgan fingerprint density at radius 3 is 2.52 bits per heavy atom. The molecule has 0 saturated carbocycles. The van der Waals surface area contributed by atoms with Crippen LogP contribution in [0.2, 0.25) is 0 Å². The van der Waals surface area contributed by atoms with Crippen molar-refractivity contribution in [1.29, 1.82) is 0 Å². The van der Waals surface area contributed by atoms with Gasteiger partial charge in [-0.1, -0.05) is 36.4 Å². The normalized spacial score (nSPS) is 10.8. The second kappa shape index (κ2) is 7.44. The molecule has 0 radical (unpaired) electrons. The fourth-order valence-corrected chi connectivity index (χ4v) is 3.63. The lowest BCUT2D eigenvalue weighted by Crippen LogP contribution is -2.33. The Morgan fingerprint density at radius 1 is 1.08 bits per heavy atom. The van der Waals surface area contributed by atoms with E-state index in [0.717, 1.165) is 10.3 Å². The molecule has 1 aromatic heterocycles. The minimum Gasteiger partial charge on any atom is -0.370 e. The van der Waals surface area contributed by atoms with Crippen LogP contribution >= 0.6 is 11.3 Å². The van der Waals surface area contributed by atoms with Crippen LogP contribution in [-0.2, 0) is 11.3 Å². The van der Waals surface area contributed by atoms with Crippen molar-refractivity contribution in [3.8, 4) is 0 Å².